The van der Waals surface area contributed by atoms with Crippen molar-refractivity contribution in [2.45, 2.75) is 6.43 Å². The van der Waals surface area contributed by atoms with Crippen molar-refractivity contribution in [2.75, 3.05) is 32.5 Å². The molecule has 0 aliphatic carbocycles. The second-order valence-corrected chi connectivity index (χ2v) is 3.82. The van der Waals surface area contributed by atoms with Gasteiger partial charge in [0.1, 0.15) is 5.75 Å². The summed E-state index contributed by atoms with van der Waals surface area (Å²) in [7, 11) is 1.43. The van der Waals surface area contributed by atoms with Gasteiger partial charge in [-0.05, 0) is 18.2 Å². The van der Waals surface area contributed by atoms with E-state index in [0.29, 0.717) is 5.75 Å². The number of halogens is 2. The lowest BCUT2D eigenvalue weighted by Gasteiger charge is -2.21. The van der Waals surface area contributed by atoms with Crippen molar-refractivity contribution in [2.24, 2.45) is 0 Å². The summed E-state index contributed by atoms with van der Waals surface area (Å²) in [6.45, 7) is -1.27. The third-order valence-corrected chi connectivity index (χ3v) is 2.49. The van der Waals surface area contributed by atoms with E-state index >= 15 is 0 Å². The number of alkyl halides is 2. The fraction of sp³-hybridized carbons (Fsp3) is 0.417. The van der Waals surface area contributed by atoms with Gasteiger partial charge in [-0.1, -0.05) is 0 Å². The molecule has 0 aliphatic rings. The molecule has 0 radical (unpaired) electrons. The van der Waals surface area contributed by atoms with E-state index in [-0.39, 0.29) is 24.4 Å². The predicted molar refractivity (Wildman–Crippen MR) is 66.4 cm³/mol. The van der Waals surface area contributed by atoms with E-state index in [9.17, 15) is 13.6 Å². The summed E-state index contributed by atoms with van der Waals surface area (Å²) in [5.74, 6) is -0.206. The van der Waals surface area contributed by atoms with Crippen LogP contribution in [0.2, 0.25) is 0 Å². The molecule has 7 heteroatoms. The first-order valence-corrected chi connectivity index (χ1v) is 5.61. The van der Waals surface area contributed by atoms with Gasteiger partial charge in [0.2, 0.25) is 0 Å². The van der Waals surface area contributed by atoms with Crippen LogP contribution in [-0.4, -0.2) is 49.1 Å². The number of benzene rings is 1. The minimum absolute atomic E-state index is 0.158. The lowest BCUT2D eigenvalue weighted by Crippen LogP contribution is -2.37. The van der Waals surface area contributed by atoms with E-state index in [1.165, 1.54) is 25.3 Å². The molecule has 0 aliphatic heterocycles. The number of hydrogen-bond donors (Lipinski definition) is 2. The summed E-state index contributed by atoms with van der Waals surface area (Å²) >= 11 is 0. The first kappa shape index (κ1) is 15.2. The number of ether oxygens (including phenoxy) is 1. The van der Waals surface area contributed by atoms with Crippen LogP contribution >= 0.6 is 0 Å². The smallest absolute Gasteiger partial charge is 0.255 e. The fourth-order valence-corrected chi connectivity index (χ4v) is 1.61. The number of amides is 1. The maximum absolute atomic E-state index is 12.4. The lowest BCUT2D eigenvalue weighted by atomic mass is 10.1. The lowest BCUT2D eigenvalue weighted by molar-refractivity contribution is 0.0509. The number of carbonyl (C=O) groups excluding carboxylic acids is 1. The molecule has 106 valence electrons. The van der Waals surface area contributed by atoms with Crippen LogP contribution in [0.4, 0.5) is 14.5 Å². The van der Waals surface area contributed by atoms with Gasteiger partial charge in [-0.25, -0.2) is 8.78 Å². The molecule has 3 N–H and O–H groups in total. The Hall–Kier alpha value is -1.89. The van der Waals surface area contributed by atoms with Crippen LogP contribution in [0.15, 0.2) is 18.2 Å². The SMILES string of the molecule is COc1ccc(C(=O)N(CCO)CC(F)F)cc1N. The Labute approximate surface area is 109 Å². The van der Waals surface area contributed by atoms with Crippen LogP contribution in [0.5, 0.6) is 5.75 Å². The van der Waals surface area contributed by atoms with Gasteiger partial charge in [-0.3, -0.25) is 4.79 Å². The van der Waals surface area contributed by atoms with E-state index in [4.69, 9.17) is 15.6 Å². The topological polar surface area (TPSA) is 75.8 Å². The quantitative estimate of drug-likeness (QED) is 0.758. The molecule has 1 aromatic rings. The summed E-state index contributed by atoms with van der Waals surface area (Å²) < 4.78 is 29.7. The van der Waals surface area contributed by atoms with Crippen LogP contribution in [0.3, 0.4) is 0 Å². The van der Waals surface area contributed by atoms with Crippen molar-refractivity contribution in [1.29, 1.82) is 0 Å². The summed E-state index contributed by atoms with van der Waals surface area (Å²) in [4.78, 5) is 12.9. The minimum atomic E-state index is -2.66. The van der Waals surface area contributed by atoms with Crippen LogP contribution in [0.1, 0.15) is 10.4 Å². The molecule has 0 bridgehead atoms. The van der Waals surface area contributed by atoms with Gasteiger partial charge in [-0.2, -0.15) is 0 Å². The molecule has 0 aromatic heterocycles. The molecule has 0 heterocycles. The Bertz CT molecular complexity index is 441. The van der Waals surface area contributed by atoms with Gasteiger partial charge in [0.15, 0.2) is 0 Å². The molecular formula is C12H16F2N2O3. The third kappa shape index (κ3) is 4.06. The first-order chi connectivity index (χ1) is 8.99. The molecule has 0 unspecified atom stereocenters. The fourth-order valence-electron chi connectivity index (χ4n) is 1.61. The zero-order valence-electron chi connectivity index (χ0n) is 10.5. The highest BCUT2D eigenvalue weighted by Gasteiger charge is 2.20. The van der Waals surface area contributed by atoms with Gasteiger partial charge in [0.25, 0.3) is 12.3 Å². The number of carbonyl (C=O) groups is 1. The third-order valence-electron chi connectivity index (χ3n) is 2.49. The van der Waals surface area contributed by atoms with Crippen LogP contribution in [0, 0.1) is 0 Å². The number of nitrogens with zero attached hydrogens (tertiary/aromatic N) is 1. The number of nitrogen functional groups attached to an aromatic ring is 1. The van der Waals surface area contributed by atoms with Crippen molar-refractivity contribution < 1.29 is 23.4 Å². The number of aliphatic hydroxyl groups excluding tert-OH is 1. The molecule has 0 saturated heterocycles. The zero-order chi connectivity index (χ0) is 14.4. The van der Waals surface area contributed by atoms with Gasteiger partial charge in [-0.15, -0.1) is 0 Å². The molecule has 19 heavy (non-hydrogen) atoms. The molecule has 1 aromatic carbocycles. The number of hydrogen-bond acceptors (Lipinski definition) is 4. The average molecular weight is 274 g/mol. The van der Waals surface area contributed by atoms with Crippen molar-refractivity contribution in [1.82, 2.24) is 4.90 Å². The highest BCUT2D eigenvalue weighted by atomic mass is 19.3. The Morgan fingerprint density at radius 1 is 1.53 bits per heavy atom. The summed E-state index contributed by atoms with van der Waals surface area (Å²) in [5, 5.41) is 8.80. The Kier molecular flexibility index (Phi) is 5.50. The molecule has 0 saturated carbocycles. The van der Waals surface area contributed by atoms with Crippen molar-refractivity contribution in [3.05, 3.63) is 23.8 Å². The molecule has 5 nitrogen and oxygen atoms in total. The predicted octanol–water partition coefficient (Wildman–Crippen LogP) is 0.977. The number of methoxy groups -OCH3 is 1. The summed E-state index contributed by atoms with van der Waals surface area (Å²) in [6.07, 6.45) is -2.66. The Morgan fingerprint density at radius 3 is 2.68 bits per heavy atom. The zero-order valence-corrected chi connectivity index (χ0v) is 10.5. The van der Waals surface area contributed by atoms with Crippen LogP contribution in [0.25, 0.3) is 0 Å². The molecule has 0 atom stereocenters. The van der Waals surface area contributed by atoms with Gasteiger partial charge in [0.05, 0.1) is 25.9 Å². The van der Waals surface area contributed by atoms with Crippen LogP contribution in [-0.2, 0) is 0 Å². The largest absolute Gasteiger partial charge is 0.495 e. The van der Waals surface area contributed by atoms with E-state index in [2.05, 4.69) is 0 Å². The van der Waals surface area contributed by atoms with Crippen molar-refractivity contribution in [3.8, 4) is 5.75 Å². The second-order valence-electron chi connectivity index (χ2n) is 3.82. The summed E-state index contributed by atoms with van der Waals surface area (Å²) in [5.41, 5.74) is 6.07. The standard InChI is InChI=1S/C12H16F2N2O3/c1-19-10-3-2-8(6-9(10)15)12(18)16(4-5-17)7-11(13)14/h2-3,6,11,17H,4-5,7,15H2,1H3. The Balaban J connectivity index is 2.92. The highest BCUT2D eigenvalue weighted by molar-refractivity contribution is 5.95. The van der Waals surface area contributed by atoms with Gasteiger partial charge < -0.3 is 20.5 Å². The normalized spacial score (nSPS) is 10.6. The highest BCUT2D eigenvalue weighted by Crippen LogP contribution is 2.22. The van der Waals surface area contributed by atoms with Gasteiger partial charge >= 0.3 is 0 Å². The molecular weight excluding hydrogens is 258 g/mol. The van der Waals surface area contributed by atoms with Crippen LogP contribution < -0.4 is 10.5 Å². The first-order valence-electron chi connectivity index (χ1n) is 5.61. The average Bonchev–Trinajstić information content (AvgIpc) is 2.36. The number of rotatable bonds is 6. The molecule has 1 rings (SSSR count). The van der Waals surface area contributed by atoms with Crippen molar-refractivity contribution in [3.63, 3.8) is 0 Å². The molecule has 0 fully saturated rings. The maximum atomic E-state index is 12.4. The monoisotopic (exact) mass is 274 g/mol. The number of nitrogens with two attached hydrogens (primary N) is 1. The summed E-state index contributed by atoms with van der Waals surface area (Å²) in [6, 6.07) is 4.28. The van der Waals surface area contributed by atoms with E-state index in [1.54, 1.807) is 0 Å². The van der Waals surface area contributed by atoms with E-state index in [0.717, 1.165) is 4.90 Å². The molecule has 0 spiro atoms. The minimum Gasteiger partial charge on any atom is -0.495 e. The van der Waals surface area contributed by atoms with Gasteiger partial charge in [0, 0.05) is 12.1 Å². The maximum Gasteiger partial charge on any atom is 0.255 e. The van der Waals surface area contributed by atoms with E-state index < -0.39 is 18.9 Å². The van der Waals surface area contributed by atoms with Crippen molar-refractivity contribution >= 4 is 11.6 Å². The number of anilines is 1. The van der Waals surface area contributed by atoms with E-state index in [1.807, 2.05) is 0 Å². The molecule has 1 amide bonds. The Morgan fingerprint density at radius 2 is 2.21 bits per heavy atom. The number of aliphatic hydroxyl groups is 1. The second kappa shape index (κ2) is 6.89.